The Morgan fingerprint density at radius 2 is 2.11 bits per heavy atom. The zero-order valence-corrected chi connectivity index (χ0v) is 10.3. The number of hydrogen-bond acceptors (Lipinski definition) is 5. The van der Waals surface area contributed by atoms with Crippen LogP contribution in [0.4, 0.5) is 0 Å². The van der Waals surface area contributed by atoms with E-state index in [9.17, 15) is 9.59 Å². The number of ether oxygens (including phenoxy) is 2. The Morgan fingerprint density at radius 1 is 1.39 bits per heavy atom. The number of fused-ring (bicyclic) bond motifs is 1. The summed E-state index contributed by atoms with van der Waals surface area (Å²) in [5.41, 5.74) is 0.177. The highest BCUT2D eigenvalue weighted by Gasteiger charge is 2.14. The highest BCUT2D eigenvalue weighted by Crippen LogP contribution is 2.11. The number of rotatable bonds is 3. The highest BCUT2D eigenvalue weighted by atomic mass is 16.5. The molecule has 0 saturated heterocycles. The number of esters is 1. The molecule has 0 fully saturated rings. The minimum absolute atomic E-state index is 0.00517. The number of carbonyl (C=O) groups excluding carboxylic acids is 1. The molecule has 0 bridgehead atoms. The van der Waals surface area contributed by atoms with E-state index in [1.165, 1.54) is 24.8 Å². The molecule has 0 aliphatic heterocycles. The molecule has 2 rings (SSSR count). The maximum atomic E-state index is 12.0. The summed E-state index contributed by atoms with van der Waals surface area (Å²) < 4.78 is 12.4. The van der Waals surface area contributed by atoms with Gasteiger partial charge in [0.05, 0.1) is 19.9 Å². The lowest BCUT2D eigenvalue weighted by molar-refractivity contribution is -0.141. The van der Waals surface area contributed by atoms with E-state index in [1.54, 1.807) is 17.7 Å². The van der Waals surface area contributed by atoms with Crippen LogP contribution in [-0.2, 0) is 16.1 Å². The van der Waals surface area contributed by atoms with Crippen molar-refractivity contribution in [3.63, 3.8) is 0 Å². The number of methoxy groups -OCH3 is 2. The number of aromatic nitrogens is 3. The van der Waals surface area contributed by atoms with Crippen molar-refractivity contribution in [3.8, 4) is 5.75 Å². The van der Waals surface area contributed by atoms with E-state index in [1.807, 2.05) is 0 Å². The molecule has 0 N–H and O–H groups in total. The van der Waals surface area contributed by atoms with Gasteiger partial charge in [-0.15, -0.1) is 0 Å². The topological polar surface area (TPSA) is 74.8 Å². The van der Waals surface area contributed by atoms with Gasteiger partial charge < -0.3 is 14.0 Å². The van der Waals surface area contributed by atoms with Gasteiger partial charge in [-0.3, -0.25) is 9.59 Å². The van der Waals surface area contributed by atoms with Crippen LogP contribution in [0.3, 0.4) is 0 Å². The largest absolute Gasteiger partial charge is 0.490 e. The van der Waals surface area contributed by atoms with Gasteiger partial charge in [0.2, 0.25) is 11.5 Å². The molecule has 0 aliphatic rings. The third-order valence-electron chi connectivity index (χ3n) is 2.61. The van der Waals surface area contributed by atoms with Crippen LogP contribution in [0.5, 0.6) is 5.75 Å². The Bertz CT molecular complexity index is 656. The van der Waals surface area contributed by atoms with E-state index in [-0.39, 0.29) is 17.9 Å². The minimum Gasteiger partial charge on any atom is -0.490 e. The molecule has 2 heterocycles. The van der Waals surface area contributed by atoms with Crippen LogP contribution in [-0.4, -0.2) is 34.1 Å². The van der Waals surface area contributed by atoms with Crippen LogP contribution in [0.25, 0.3) is 5.78 Å². The predicted octanol–water partition coefficient (Wildman–Crippen LogP) is -0.0140. The van der Waals surface area contributed by atoms with Crippen molar-refractivity contribution in [2.24, 2.45) is 0 Å². The summed E-state index contributed by atoms with van der Waals surface area (Å²) in [6.07, 6.45) is 3.13. The second kappa shape index (κ2) is 4.52. The van der Waals surface area contributed by atoms with Crippen molar-refractivity contribution in [2.45, 2.75) is 13.5 Å². The summed E-state index contributed by atoms with van der Waals surface area (Å²) in [5.74, 6) is 0.169. The second-order valence-electron chi connectivity index (χ2n) is 3.71. The van der Waals surface area contributed by atoms with Crippen LogP contribution >= 0.6 is 0 Å². The van der Waals surface area contributed by atoms with Crippen molar-refractivity contribution in [3.05, 3.63) is 28.4 Å². The van der Waals surface area contributed by atoms with Crippen LogP contribution < -0.4 is 10.3 Å². The van der Waals surface area contributed by atoms with E-state index in [2.05, 4.69) is 9.72 Å². The highest BCUT2D eigenvalue weighted by molar-refractivity contribution is 5.69. The van der Waals surface area contributed by atoms with E-state index >= 15 is 0 Å². The SMILES string of the molecule is COC(=O)Cn1ccn2c(=O)c(OC)c(C)nc12. The van der Waals surface area contributed by atoms with E-state index in [4.69, 9.17) is 4.74 Å². The third-order valence-corrected chi connectivity index (χ3v) is 2.61. The van der Waals surface area contributed by atoms with Crippen molar-refractivity contribution < 1.29 is 14.3 Å². The number of imidazole rings is 1. The first-order chi connectivity index (χ1) is 8.58. The van der Waals surface area contributed by atoms with Crippen LogP contribution in [0.15, 0.2) is 17.2 Å². The minimum atomic E-state index is -0.407. The molecular formula is C11H13N3O4. The summed E-state index contributed by atoms with van der Waals surface area (Å²) in [6, 6.07) is 0. The Hall–Kier alpha value is -2.31. The standard InChI is InChI=1S/C11H13N3O4/c1-7-9(18-3)10(16)14-5-4-13(11(14)12-7)6-8(15)17-2/h4-5H,6H2,1-3H3. The average Bonchev–Trinajstić information content (AvgIpc) is 2.73. The molecule has 2 aromatic rings. The molecular weight excluding hydrogens is 238 g/mol. The zero-order chi connectivity index (χ0) is 13.3. The summed E-state index contributed by atoms with van der Waals surface area (Å²) in [7, 11) is 2.73. The summed E-state index contributed by atoms with van der Waals surface area (Å²) in [5, 5.41) is 0. The lowest BCUT2D eigenvalue weighted by atomic mass is 10.4. The van der Waals surface area contributed by atoms with Crippen LogP contribution in [0.1, 0.15) is 5.69 Å². The van der Waals surface area contributed by atoms with Gasteiger partial charge in [0, 0.05) is 12.4 Å². The van der Waals surface area contributed by atoms with Gasteiger partial charge in [-0.05, 0) is 6.92 Å². The summed E-state index contributed by atoms with van der Waals surface area (Å²) in [4.78, 5) is 27.5. The quantitative estimate of drug-likeness (QED) is 0.717. The maximum Gasteiger partial charge on any atom is 0.325 e. The fourth-order valence-electron chi connectivity index (χ4n) is 1.72. The summed E-state index contributed by atoms with van der Waals surface area (Å²) >= 11 is 0. The zero-order valence-electron chi connectivity index (χ0n) is 10.3. The van der Waals surface area contributed by atoms with Crippen molar-refractivity contribution in [2.75, 3.05) is 14.2 Å². The molecule has 7 heteroatoms. The second-order valence-corrected chi connectivity index (χ2v) is 3.71. The van der Waals surface area contributed by atoms with Gasteiger partial charge in [-0.25, -0.2) is 9.38 Å². The third kappa shape index (κ3) is 1.83. The van der Waals surface area contributed by atoms with Gasteiger partial charge in [0.25, 0.3) is 0 Å². The van der Waals surface area contributed by atoms with Crippen molar-refractivity contribution in [1.29, 1.82) is 0 Å². The van der Waals surface area contributed by atoms with Crippen molar-refractivity contribution in [1.82, 2.24) is 14.0 Å². The molecule has 2 aromatic heterocycles. The van der Waals surface area contributed by atoms with Gasteiger partial charge >= 0.3 is 11.5 Å². The molecule has 0 atom stereocenters. The normalized spacial score (nSPS) is 10.6. The monoisotopic (exact) mass is 251 g/mol. The molecule has 18 heavy (non-hydrogen) atoms. The van der Waals surface area contributed by atoms with Gasteiger partial charge in [0.15, 0.2) is 0 Å². The van der Waals surface area contributed by atoms with Gasteiger partial charge in [-0.1, -0.05) is 0 Å². The molecule has 0 unspecified atom stereocenters. The first kappa shape index (κ1) is 12.2. The molecule has 0 radical (unpaired) electrons. The van der Waals surface area contributed by atoms with Gasteiger partial charge in [-0.2, -0.15) is 0 Å². The van der Waals surface area contributed by atoms with Crippen LogP contribution in [0.2, 0.25) is 0 Å². The predicted molar refractivity (Wildman–Crippen MR) is 62.8 cm³/mol. The number of nitrogens with zero attached hydrogens (tertiary/aromatic N) is 3. The van der Waals surface area contributed by atoms with Crippen molar-refractivity contribution >= 4 is 11.7 Å². The van der Waals surface area contributed by atoms with Gasteiger partial charge in [0.1, 0.15) is 6.54 Å². The number of hydrogen-bond donors (Lipinski definition) is 0. The molecule has 0 amide bonds. The van der Waals surface area contributed by atoms with E-state index < -0.39 is 5.97 Å². The Kier molecular flexibility index (Phi) is 3.05. The lowest BCUT2D eigenvalue weighted by Gasteiger charge is -2.06. The first-order valence-corrected chi connectivity index (χ1v) is 5.27. The van der Waals surface area contributed by atoms with E-state index in [0.29, 0.717) is 11.5 Å². The fraction of sp³-hybridized carbons (Fsp3) is 0.364. The Labute approximate surface area is 103 Å². The molecule has 7 nitrogen and oxygen atoms in total. The maximum absolute atomic E-state index is 12.0. The first-order valence-electron chi connectivity index (χ1n) is 5.27. The molecule has 0 saturated carbocycles. The number of carbonyl (C=O) groups is 1. The smallest absolute Gasteiger partial charge is 0.325 e. The molecule has 0 aliphatic carbocycles. The molecule has 0 aromatic carbocycles. The van der Waals surface area contributed by atoms with Crippen LogP contribution in [0, 0.1) is 6.92 Å². The lowest BCUT2D eigenvalue weighted by Crippen LogP contribution is -2.19. The number of aryl methyl sites for hydroxylation is 1. The Balaban J connectivity index is 2.61. The fourth-order valence-corrected chi connectivity index (χ4v) is 1.72. The molecule has 0 spiro atoms. The Morgan fingerprint density at radius 3 is 2.72 bits per heavy atom. The summed E-state index contributed by atoms with van der Waals surface area (Å²) in [6.45, 7) is 1.68. The average molecular weight is 251 g/mol. The van der Waals surface area contributed by atoms with E-state index in [0.717, 1.165) is 0 Å². The molecule has 96 valence electrons.